The van der Waals surface area contributed by atoms with Crippen molar-refractivity contribution in [1.29, 1.82) is 0 Å². The summed E-state index contributed by atoms with van der Waals surface area (Å²) in [5, 5.41) is 2.78. The van der Waals surface area contributed by atoms with Gasteiger partial charge in [0.25, 0.3) is 0 Å². The lowest BCUT2D eigenvalue weighted by molar-refractivity contribution is -0.118. The monoisotopic (exact) mass is 269 g/mol. The summed E-state index contributed by atoms with van der Waals surface area (Å²) in [5.41, 5.74) is 0. The number of nitrogens with one attached hydrogen (secondary N) is 1. The van der Waals surface area contributed by atoms with E-state index in [9.17, 15) is 4.79 Å². The Balaban J connectivity index is 2.85. The molecule has 0 fully saturated rings. The van der Waals surface area contributed by atoms with E-state index in [0.717, 1.165) is 13.0 Å². The fraction of sp³-hybridized carbons (Fsp3) is 0.875. The van der Waals surface area contributed by atoms with Gasteiger partial charge < -0.3 is 5.32 Å². The molecule has 0 spiro atoms. The highest BCUT2D eigenvalue weighted by Crippen LogP contribution is 2.00. The van der Waals surface area contributed by atoms with E-state index >= 15 is 0 Å². The van der Waals surface area contributed by atoms with Gasteiger partial charge in [0.05, 0.1) is 0 Å². The number of carbonyl (C=O) groups is 1. The normalized spacial score (nSPS) is 9.64. The van der Waals surface area contributed by atoms with Gasteiger partial charge in [0.15, 0.2) is 0 Å². The summed E-state index contributed by atoms with van der Waals surface area (Å²) in [5.74, 6) is 0.0823. The van der Waals surface area contributed by atoms with Crippen LogP contribution in [0.4, 0.5) is 0 Å². The zero-order valence-corrected chi connectivity index (χ0v) is 9.19. The third-order valence-electron chi connectivity index (χ3n) is 1.43. The van der Waals surface area contributed by atoms with Crippen molar-refractivity contribution in [3.8, 4) is 0 Å². The molecule has 3 heteroatoms. The predicted molar refractivity (Wildman–Crippen MR) is 56.0 cm³/mol. The van der Waals surface area contributed by atoms with Crippen LogP contribution < -0.4 is 5.32 Å². The van der Waals surface area contributed by atoms with Crippen LogP contribution in [-0.2, 0) is 4.79 Å². The fourth-order valence-electron chi connectivity index (χ4n) is 0.837. The minimum atomic E-state index is 0.0823. The van der Waals surface area contributed by atoms with Crippen molar-refractivity contribution in [2.24, 2.45) is 0 Å². The molecule has 2 nitrogen and oxygen atoms in total. The van der Waals surface area contributed by atoms with Crippen molar-refractivity contribution in [3.63, 3.8) is 0 Å². The fourth-order valence-corrected chi connectivity index (χ4v) is 1.38. The molecule has 0 aromatic heterocycles. The number of alkyl halides is 1. The molecule has 0 aromatic carbocycles. The van der Waals surface area contributed by atoms with E-state index < -0.39 is 0 Å². The first-order valence-electron chi connectivity index (χ1n) is 4.07. The smallest absolute Gasteiger partial charge is 0.216 e. The van der Waals surface area contributed by atoms with Crippen LogP contribution in [0.25, 0.3) is 0 Å². The van der Waals surface area contributed by atoms with E-state index in [4.69, 9.17) is 0 Å². The first kappa shape index (κ1) is 11.2. The maximum Gasteiger partial charge on any atom is 0.216 e. The Labute approximate surface area is 82.3 Å². The molecule has 0 aromatic rings. The molecule has 66 valence electrons. The number of unbranched alkanes of at least 4 members (excludes halogenated alkanes) is 3. The summed E-state index contributed by atoms with van der Waals surface area (Å²) in [6.45, 7) is 2.40. The van der Waals surface area contributed by atoms with Crippen molar-refractivity contribution in [3.05, 3.63) is 0 Å². The van der Waals surface area contributed by atoms with Crippen molar-refractivity contribution in [2.45, 2.75) is 32.6 Å². The molecule has 11 heavy (non-hydrogen) atoms. The number of hydrogen-bond donors (Lipinski definition) is 1. The van der Waals surface area contributed by atoms with E-state index in [1.807, 2.05) is 0 Å². The topological polar surface area (TPSA) is 29.1 Å². The van der Waals surface area contributed by atoms with Gasteiger partial charge >= 0.3 is 0 Å². The molecular weight excluding hydrogens is 253 g/mol. The van der Waals surface area contributed by atoms with Crippen LogP contribution in [0.5, 0.6) is 0 Å². The van der Waals surface area contributed by atoms with Gasteiger partial charge in [0.2, 0.25) is 5.91 Å². The molecular formula is C8H16INO. The van der Waals surface area contributed by atoms with Gasteiger partial charge in [-0.1, -0.05) is 35.4 Å². The second kappa shape index (κ2) is 8.30. The average Bonchev–Trinajstić information content (AvgIpc) is 1.96. The molecule has 0 rings (SSSR count). The Morgan fingerprint density at radius 2 is 1.91 bits per heavy atom. The minimum Gasteiger partial charge on any atom is -0.356 e. The first-order valence-corrected chi connectivity index (χ1v) is 5.60. The lowest BCUT2D eigenvalue weighted by Crippen LogP contribution is -2.20. The largest absolute Gasteiger partial charge is 0.356 e. The standard InChI is InChI=1S/C8H16INO/c1-8(11)10-7-5-3-2-4-6-9/h2-7H2,1H3,(H,10,11). The molecule has 0 atom stereocenters. The summed E-state index contributed by atoms with van der Waals surface area (Å²) in [7, 11) is 0. The zero-order chi connectivity index (χ0) is 8.53. The Kier molecular flexibility index (Phi) is 8.45. The summed E-state index contributed by atoms with van der Waals surface area (Å²) in [6, 6.07) is 0. The van der Waals surface area contributed by atoms with Crippen molar-refractivity contribution in [1.82, 2.24) is 5.32 Å². The van der Waals surface area contributed by atoms with Crippen molar-refractivity contribution < 1.29 is 4.79 Å². The summed E-state index contributed by atoms with van der Waals surface area (Å²) in [6.07, 6.45) is 4.96. The van der Waals surface area contributed by atoms with Gasteiger partial charge in [-0.3, -0.25) is 4.79 Å². The van der Waals surface area contributed by atoms with Crippen LogP contribution in [0.1, 0.15) is 32.6 Å². The molecule has 0 aliphatic heterocycles. The lowest BCUT2D eigenvalue weighted by atomic mass is 10.2. The van der Waals surface area contributed by atoms with E-state index in [1.54, 1.807) is 6.92 Å². The van der Waals surface area contributed by atoms with Crippen LogP contribution in [0.3, 0.4) is 0 Å². The van der Waals surface area contributed by atoms with Crippen LogP contribution in [0.2, 0.25) is 0 Å². The van der Waals surface area contributed by atoms with Crippen LogP contribution in [-0.4, -0.2) is 16.9 Å². The molecule has 0 saturated heterocycles. The maximum atomic E-state index is 10.4. The summed E-state index contributed by atoms with van der Waals surface area (Å²) >= 11 is 2.39. The Morgan fingerprint density at radius 3 is 2.45 bits per heavy atom. The van der Waals surface area contributed by atoms with E-state index in [-0.39, 0.29) is 5.91 Å². The zero-order valence-electron chi connectivity index (χ0n) is 7.03. The number of hydrogen-bond acceptors (Lipinski definition) is 1. The van der Waals surface area contributed by atoms with Gasteiger partial charge in [-0.25, -0.2) is 0 Å². The van der Waals surface area contributed by atoms with E-state index in [1.165, 1.54) is 23.7 Å². The van der Waals surface area contributed by atoms with Crippen LogP contribution in [0.15, 0.2) is 0 Å². The molecule has 0 bridgehead atoms. The molecule has 0 unspecified atom stereocenters. The number of rotatable bonds is 6. The highest BCUT2D eigenvalue weighted by atomic mass is 127. The molecule has 0 radical (unpaired) electrons. The highest BCUT2D eigenvalue weighted by molar-refractivity contribution is 14.1. The number of halogens is 1. The summed E-state index contributed by atoms with van der Waals surface area (Å²) in [4.78, 5) is 10.4. The third-order valence-corrected chi connectivity index (χ3v) is 2.20. The second-order valence-electron chi connectivity index (χ2n) is 2.59. The van der Waals surface area contributed by atoms with Crippen molar-refractivity contribution in [2.75, 3.05) is 11.0 Å². The average molecular weight is 269 g/mol. The second-order valence-corrected chi connectivity index (χ2v) is 3.66. The van der Waals surface area contributed by atoms with Gasteiger partial charge in [0, 0.05) is 13.5 Å². The summed E-state index contributed by atoms with van der Waals surface area (Å²) < 4.78 is 1.25. The maximum absolute atomic E-state index is 10.4. The molecule has 0 saturated carbocycles. The number of carbonyl (C=O) groups excluding carboxylic acids is 1. The molecule has 0 aliphatic carbocycles. The molecule has 1 amide bonds. The molecule has 1 N–H and O–H groups in total. The van der Waals surface area contributed by atoms with E-state index in [2.05, 4.69) is 27.9 Å². The molecule has 0 heterocycles. The molecule has 0 aliphatic rings. The van der Waals surface area contributed by atoms with Gasteiger partial charge in [-0.15, -0.1) is 0 Å². The van der Waals surface area contributed by atoms with Crippen LogP contribution >= 0.6 is 22.6 Å². The van der Waals surface area contributed by atoms with E-state index in [0.29, 0.717) is 0 Å². The van der Waals surface area contributed by atoms with Crippen molar-refractivity contribution >= 4 is 28.5 Å². The minimum absolute atomic E-state index is 0.0823. The quantitative estimate of drug-likeness (QED) is 0.446. The SMILES string of the molecule is CC(=O)NCCCCCCI. The van der Waals surface area contributed by atoms with Gasteiger partial charge in [0.1, 0.15) is 0 Å². The Morgan fingerprint density at radius 1 is 1.27 bits per heavy atom. The number of amides is 1. The first-order chi connectivity index (χ1) is 5.27. The Bertz CT molecular complexity index is 106. The van der Waals surface area contributed by atoms with Crippen LogP contribution in [0, 0.1) is 0 Å². The highest BCUT2D eigenvalue weighted by Gasteiger charge is 1.90. The third kappa shape index (κ3) is 10.2. The predicted octanol–water partition coefficient (Wildman–Crippen LogP) is 2.12. The van der Waals surface area contributed by atoms with Gasteiger partial charge in [-0.05, 0) is 17.3 Å². The van der Waals surface area contributed by atoms with Gasteiger partial charge in [-0.2, -0.15) is 0 Å². The lowest BCUT2D eigenvalue weighted by Gasteiger charge is -2.00. The Hall–Kier alpha value is 0.200.